The van der Waals surface area contributed by atoms with Crippen molar-refractivity contribution in [2.24, 2.45) is 13.0 Å². The van der Waals surface area contributed by atoms with E-state index in [0.717, 1.165) is 30.5 Å². The second kappa shape index (κ2) is 6.05. The highest BCUT2D eigenvalue weighted by molar-refractivity contribution is 5.46. The Bertz CT molecular complexity index is 357. The van der Waals surface area contributed by atoms with E-state index in [0.29, 0.717) is 0 Å². The first-order valence-corrected chi connectivity index (χ1v) is 6.38. The number of hydrogen-bond acceptors (Lipinski definition) is 3. The number of hydrogen-bond donors (Lipinski definition) is 1. The molecule has 0 saturated heterocycles. The predicted octanol–water partition coefficient (Wildman–Crippen LogP) is 2.25. The summed E-state index contributed by atoms with van der Waals surface area (Å²) in [5.74, 6) is 1.87. The smallest absolute Gasteiger partial charge is 0.128 e. The van der Waals surface area contributed by atoms with Gasteiger partial charge in [-0.3, -0.25) is 4.68 Å². The van der Waals surface area contributed by atoms with Crippen molar-refractivity contribution in [3.63, 3.8) is 0 Å². The topological polar surface area (TPSA) is 33.1 Å². The molecule has 0 aliphatic heterocycles. The summed E-state index contributed by atoms with van der Waals surface area (Å²) < 4.78 is 1.92. The zero-order valence-corrected chi connectivity index (χ0v) is 12.0. The van der Waals surface area contributed by atoms with Crippen LogP contribution in [0.2, 0.25) is 0 Å². The fourth-order valence-corrected chi connectivity index (χ4v) is 2.20. The maximum Gasteiger partial charge on any atom is 0.128 e. The molecule has 1 aromatic rings. The van der Waals surface area contributed by atoms with E-state index >= 15 is 0 Å². The molecule has 0 aromatic carbocycles. The summed E-state index contributed by atoms with van der Waals surface area (Å²) in [5.41, 5.74) is 2.42. The number of aryl methyl sites for hydroxylation is 2. The average Bonchev–Trinajstić information content (AvgIpc) is 2.53. The monoisotopic (exact) mass is 238 g/mol. The van der Waals surface area contributed by atoms with Crippen molar-refractivity contribution in [1.29, 1.82) is 0 Å². The fourth-order valence-electron chi connectivity index (χ4n) is 2.20. The molecule has 4 heteroatoms. The third-order valence-electron chi connectivity index (χ3n) is 3.33. The van der Waals surface area contributed by atoms with Gasteiger partial charge in [-0.05, 0) is 19.9 Å². The highest BCUT2D eigenvalue weighted by Crippen LogP contribution is 2.20. The maximum absolute atomic E-state index is 4.46. The van der Waals surface area contributed by atoms with Gasteiger partial charge in [0, 0.05) is 32.7 Å². The molecular weight excluding hydrogens is 212 g/mol. The Kier molecular flexibility index (Phi) is 5.00. The normalized spacial score (nSPS) is 13.1. The molecule has 0 aliphatic carbocycles. The summed E-state index contributed by atoms with van der Waals surface area (Å²) in [6.07, 6.45) is 1.23. The first-order valence-electron chi connectivity index (χ1n) is 6.38. The zero-order valence-electron chi connectivity index (χ0n) is 12.0. The lowest BCUT2D eigenvalue weighted by Gasteiger charge is -2.20. The molecule has 0 fully saturated rings. The summed E-state index contributed by atoms with van der Waals surface area (Å²) in [7, 11) is 6.11. The van der Waals surface area contributed by atoms with E-state index in [1.807, 2.05) is 18.8 Å². The first-order chi connectivity index (χ1) is 7.99. The van der Waals surface area contributed by atoms with Crippen LogP contribution in [-0.2, 0) is 13.6 Å². The molecule has 0 saturated carbocycles. The van der Waals surface area contributed by atoms with Crippen molar-refractivity contribution in [1.82, 2.24) is 14.7 Å². The van der Waals surface area contributed by atoms with Gasteiger partial charge in [0.05, 0.1) is 5.69 Å². The average molecular weight is 238 g/mol. The number of rotatable bonds is 6. The molecule has 0 radical (unpaired) electrons. The van der Waals surface area contributed by atoms with Gasteiger partial charge in [0.1, 0.15) is 5.82 Å². The number of aromatic nitrogens is 2. The molecule has 0 aliphatic rings. The second-order valence-corrected chi connectivity index (χ2v) is 5.00. The quantitative estimate of drug-likeness (QED) is 0.825. The number of nitrogens with zero attached hydrogens (tertiary/aromatic N) is 3. The fraction of sp³-hybridized carbons (Fsp3) is 0.769. The van der Waals surface area contributed by atoms with Crippen LogP contribution in [0.4, 0.5) is 5.82 Å². The van der Waals surface area contributed by atoms with Crippen molar-refractivity contribution < 1.29 is 0 Å². The van der Waals surface area contributed by atoms with Gasteiger partial charge in [-0.1, -0.05) is 20.3 Å². The Morgan fingerprint density at radius 2 is 2.12 bits per heavy atom. The Labute approximate surface area is 105 Å². The van der Waals surface area contributed by atoms with Crippen molar-refractivity contribution in [2.45, 2.75) is 33.7 Å². The van der Waals surface area contributed by atoms with Gasteiger partial charge in [0.25, 0.3) is 0 Å². The Morgan fingerprint density at radius 3 is 2.65 bits per heavy atom. The van der Waals surface area contributed by atoms with Crippen LogP contribution in [-0.4, -0.2) is 35.3 Å². The van der Waals surface area contributed by atoms with Crippen molar-refractivity contribution in [2.75, 3.05) is 26.0 Å². The molecule has 1 atom stereocenters. The van der Waals surface area contributed by atoms with Gasteiger partial charge >= 0.3 is 0 Å². The van der Waals surface area contributed by atoms with E-state index in [-0.39, 0.29) is 0 Å². The van der Waals surface area contributed by atoms with Gasteiger partial charge < -0.3 is 10.2 Å². The predicted molar refractivity (Wildman–Crippen MR) is 73.3 cm³/mol. The molecule has 1 rings (SSSR count). The number of nitrogens with one attached hydrogen (secondary N) is 1. The van der Waals surface area contributed by atoms with E-state index in [4.69, 9.17) is 0 Å². The minimum Gasteiger partial charge on any atom is -0.373 e. The molecule has 0 spiro atoms. The van der Waals surface area contributed by atoms with Crippen LogP contribution >= 0.6 is 0 Å². The largest absolute Gasteiger partial charge is 0.373 e. The van der Waals surface area contributed by atoms with E-state index in [1.165, 1.54) is 12.0 Å². The van der Waals surface area contributed by atoms with Crippen LogP contribution in [0.1, 0.15) is 31.5 Å². The molecule has 4 nitrogen and oxygen atoms in total. The van der Waals surface area contributed by atoms with Crippen LogP contribution in [0.5, 0.6) is 0 Å². The molecule has 1 unspecified atom stereocenters. The Hall–Kier alpha value is -1.03. The van der Waals surface area contributed by atoms with E-state index in [1.54, 1.807) is 0 Å². The molecule has 0 amide bonds. The highest BCUT2D eigenvalue weighted by atomic mass is 15.3. The minimum absolute atomic E-state index is 0.745. The molecule has 17 heavy (non-hydrogen) atoms. The van der Waals surface area contributed by atoms with Gasteiger partial charge in [0.15, 0.2) is 0 Å². The van der Waals surface area contributed by atoms with Crippen LogP contribution in [0.25, 0.3) is 0 Å². The Balaban J connectivity index is 2.73. The molecular formula is C13H26N4. The number of anilines is 1. The molecule has 1 aromatic heterocycles. The summed E-state index contributed by atoms with van der Waals surface area (Å²) in [6, 6.07) is 0. The van der Waals surface area contributed by atoms with E-state index in [9.17, 15) is 0 Å². The maximum atomic E-state index is 4.46. The lowest BCUT2D eigenvalue weighted by Crippen LogP contribution is -2.24. The van der Waals surface area contributed by atoms with Crippen LogP contribution in [0.15, 0.2) is 0 Å². The summed E-state index contributed by atoms with van der Waals surface area (Å²) in [4.78, 5) is 2.37. The molecule has 1 heterocycles. The molecule has 1 N–H and O–H groups in total. The lowest BCUT2D eigenvalue weighted by atomic mass is 10.1. The standard InChI is InChI=1S/C13H26N4/c1-7-10(2)8-16(5)9-12-11(3)15-17(6)13(12)14-4/h10,14H,7-9H2,1-6H3. The van der Waals surface area contributed by atoms with Crippen LogP contribution < -0.4 is 5.32 Å². The summed E-state index contributed by atoms with van der Waals surface area (Å²) >= 11 is 0. The third-order valence-corrected chi connectivity index (χ3v) is 3.33. The van der Waals surface area contributed by atoms with Crippen molar-refractivity contribution in [3.05, 3.63) is 11.3 Å². The summed E-state index contributed by atoms with van der Waals surface area (Å²) in [5, 5.41) is 7.69. The highest BCUT2D eigenvalue weighted by Gasteiger charge is 2.14. The second-order valence-electron chi connectivity index (χ2n) is 5.00. The zero-order chi connectivity index (χ0) is 13.0. The lowest BCUT2D eigenvalue weighted by molar-refractivity contribution is 0.275. The van der Waals surface area contributed by atoms with Gasteiger partial charge in [0.2, 0.25) is 0 Å². The SMILES string of the molecule is CCC(C)CN(C)Cc1c(C)nn(C)c1NC. The first kappa shape index (κ1) is 14.0. The molecule has 98 valence electrons. The Morgan fingerprint density at radius 1 is 1.47 bits per heavy atom. The van der Waals surface area contributed by atoms with Gasteiger partial charge in [-0.2, -0.15) is 5.10 Å². The minimum atomic E-state index is 0.745. The van der Waals surface area contributed by atoms with Gasteiger partial charge in [-0.15, -0.1) is 0 Å². The van der Waals surface area contributed by atoms with Crippen LogP contribution in [0.3, 0.4) is 0 Å². The summed E-state index contributed by atoms with van der Waals surface area (Å²) in [6.45, 7) is 8.71. The van der Waals surface area contributed by atoms with Crippen LogP contribution in [0, 0.1) is 12.8 Å². The van der Waals surface area contributed by atoms with Crippen molar-refractivity contribution >= 4 is 5.82 Å². The van der Waals surface area contributed by atoms with E-state index < -0.39 is 0 Å². The van der Waals surface area contributed by atoms with E-state index in [2.05, 4.69) is 43.1 Å². The van der Waals surface area contributed by atoms with Gasteiger partial charge in [-0.25, -0.2) is 0 Å². The van der Waals surface area contributed by atoms with Crippen molar-refractivity contribution in [3.8, 4) is 0 Å². The molecule has 0 bridgehead atoms. The third kappa shape index (κ3) is 3.46.